The molecule has 1 heterocycles. The average molecular weight is 225 g/mol. The van der Waals surface area contributed by atoms with E-state index in [0.717, 1.165) is 22.2 Å². The second kappa shape index (κ2) is 3.85. The highest BCUT2D eigenvalue weighted by Gasteiger charge is 2.17. The molecule has 2 aromatic rings. The topological polar surface area (TPSA) is 62.0 Å². The van der Waals surface area contributed by atoms with Crippen LogP contribution in [0.4, 0.5) is 0 Å². The lowest BCUT2D eigenvalue weighted by atomic mass is 10.1. The van der Waals surface area contributed by atoms with Crippen molar-refractivity contribution < 1.29 is 5.11 Å². The summed E-state index contributed by atoms with van der Waals surface area (Å²) in [4.78, 5) is 3.18. The quantitative estimate of drug-likeness (QED) is 0.732. The molecule has 1 atom stereocenters. The fourth-order valence-electron chi connectivity index (χ4n) is 1.89. The first-order valence-electron chi connectivity index (χ1n) is 4.80. The highest BCUT2D eigenvalue weighted by Crippen LogP contribution is 2.32. The Hall–Kier alpha value is -1.03. The van der Waals surface area contributed by atoms with Crippen LogP contribution in [-0.2, 0) is 0 Å². The molecule has 2 rings (SSSR count). The number of hydrogen-bond donors (Lipinski definition) is 3. The van der Waals surface area contributed by atoms with E-state index in [1.807, 2.05) is 25.1 Å². The second-order valence-electron chi connectivity index (χ2n) is 3.58. The zero-order valence-corrected chi connectivity index (χ0v) is 9.17. The van der Waals surface area contributed by atoms with Crippen molar-refractivity contribution in [2.75, 3.05) is 6.54 Å². The van der Waals surface area contributed by atoms with Gasteiger partial charge in [0.25, 0.3) is 0 Å². The molecule has 0 spiro atoms. The Balaban J connectivity index is 2.76. The molecule has 0 aliphatic heterocycles. The highest BCUT2D eigenvalue weighted by molar-refractivity contribution is 6.35. The summed E-state index contributed by atoms with van der Waals surface area (Å²) in [5.74, 6) is 0. The van der Waals surface area contributed by atoms with Crippen LogP contribution in [0.1, 0.15) is 17.4 Å². The van der Waals surface area contributed by atoms with E-state index in [9.17, 15) is 5.11 Å². The minimum Gasteiger partial charge on any atom is -0.387 e. The molecule has 1 aromatic carbocycles. The molecule has 0 radical (unpaired) electrons. The summed E-state index contributed by atoms with van der Waals surface area (Å²) in [6, 6.07) is 5.62. The Kier molecular flexibility index (Phi) is 2.69. The minimum absolute atomic E-state index is 0.193. The number of H-pyrrole nitrogens is 1. The first-order valence-corrected chi connectivity index (χ1v) is 5.17. The van der Waals surface area contributed by atoms with Crippen LogP contribution in [0.2, 0.25) is 5.02 Å². The molecule has 15 heavy (non-hydrogen) atoms. The molecule has 0 aliphatic carbocycles. The van der Waals surface area contributed by atoms with Gasteiger partial charge in [-0.15, -0.1) is 0 Å². The van der Waals surface area contributed by atoms with Crippen molar-refractivity contribution in [3.63, 3.8) is 0 Å². The van der Waals surface area contributed by atoms with Gasteiger partial charge in [-0.1, -0.05) is 17.7 Å². The molecule has 0 saturated heterocycles. The molecule has 1 aromatic heterocycles. The van der Waals surface area contributed by atoms with Gasteiger partial charge in [0, 0.05) is 28.7 Å². The Morgan fingerprint density at radius 1 is 1.53 bits per heavy atom. The second-order valence-corrected chi connectivity index (χ2v) is 3.98. The minimum atomic E-state index is -0.668. The van der Waals surface area contributed by atoms with Gasteiger partial charge in [-0.05, 0) is 19.1 Å². The van der Waals surface area contributed by atoms with E-state index in [0.29, 0.717) is 5.02 Å². The lowest BCUT2D eigenvalue weighted by Gasteiger charge is -2.08. The predicted octanol–water partition coefficient (Wildman–Crippen LogP) is 2.12. The number of aromatic nitrogens is 1. The van der Waals surface area contributed by atoms with Gasteiger partial charge >= 0.3 is 0 Å². The number of rotatable bonds is 2. The number of nitrogens with two attached hydrogens (primary N) is 1. The summed E-state index contributed by atoms with van der Waals surface area (Å²) in [6.07, 6.45) is -0.668. The van der Waals surface area contributed by atoms with E-state index in [1.165, 1.54) is 0 Å². The number of hydrogen-bond acceptors (Lipinski definition) is 2. The molecule has 0 aliphatic rings. The van der Waals surface area contributed by atoms with Gasteiger partial charge < -0.3 is 15.8 Å². The number of fused-ring (bicyclic) bond motifs is 1. The van der Waals surface area contributed by atoms with Crippen LogP contribution in [0.25, 0.3) is 10.9 Å². The van der Waals surface area contributed by atoms with E-state index >= 15 is 0 Å². The van der Waals surface area contributed by atoms with Crippen LogP contribution < -0.4 is 5.73 Å². The smallest absolute Gasteiger partial charge is 0.0935 e. The zero-order valence-electron chi connectivity index (χ0n) is 8.42. The summed E-state index contributed by atoms with van der Waals surface area (Å²) < 4.78 is 0. The standard InChI is InChI=1S/C11H13ClN2O/c1-6-10(9(15)5-13)11-7(12)3-2-4-8(11)14-6/h2-4,9,14-15H,5,13H2,1H3. The van der Waals surface area contributed by atoms with E-state index in [2.05, 4.69) is 4.98 Å². The summed E-state index contributed by atoms with van der Waals surface area (Å²) in [6.45, 7) is 2.10. The van der Waals surface area contributed by atoms with Crippen molar-refractivity contribution in [3.8, 4) is 0 Å². The number of aryl methyl sites for hydroxylation is 1. The molecule has 3 nitrogen and oxygen atoms in total. The molecule has 80 valence electrons. The van der Waals surface area contributed by atoms with Crippen molar-refractivity contribution in [1.29, 1.82) is 0 Å². The van der Waals surface area contributed by atoms with Crippen LogP contribution in [0, 0.1) is 6.92 Å². The van der Waals surface area contributed by atoms with Gasteiger partial charge in [-0.3, -0.25) is 0 Å². The van der Waals surface area contributed by atoms with Crippen molar-refractivity contribution in [3.05, 3.63) is 34.5 Å². The third-order valence-electron chi connectivity index (χ3n) is 2.57. The maximum Gasteiger partial charge on any atom is 0.0935 e. The van der Waals surface area contributed by atoms with Gasteiger partial charge in [0.1, 0.15) is 0 Å². The lowest BCUT2D eigenvalue weighted by molar-refractivity contribution is 0.187. The fourth-order valence-corrected chi connectivity index (χ4v) is 2.17. The number of aromatic amines is 1. The highest BCUT2D eigenvalue weighted by atomic mass is 35.5. The summed E-state index contributed by atoms with van der Waals surface area (Å²) in [5.41, 5.74) is 8.12. The number of aliphatic hydroxyl groups excluding tert-OH is 1. The van der Waals surface area contributed by atoms with Gasteiger partial charge in [0.2, 0.25) is 0 Å². The first-order chi connectivity index (χ1) is 7.15. The number of benzene rings is 1. The van der Waals surface area contributed by atoms with Crippen LogP contribution in [0.15, 0.2) is 18.2 Å². The Morgan fingerprint density at radius 3 is 2.93 bits per heavy atom. The third kappa shape index (κ3) is 1.63. The molecule has 0 bridgehead atoms. The predicted molar refractivity (Wildman–Crippen MR) is 62.1 cm³/mol. The summed E-state index contributed by atoms with van der Waals surface area (Å²) in [5, 5.41) is 11.3. The Labute approximate surface area is 92.9 Å². The third-order valence-corrected chi connectivity index (χ3v) is 2.88. The lowest BCUT2D eigenvalue weighted by Crippen LogP contribution is -2.12. The summed E-state index contributed by atoms with van der Waals surface area (Å²) >= 11 is 6.10. The van der Waals surface area contributed by atoms with E-state index in [-0.39, 0.29) is 6.54 Å². The molecule has 0 amide bonds. The number of halogens is 1. The number of aliphatic hydroxyl groups is 1. The first kappa shape index (κ1) is 10.5. The largest absolute Gasteiger partial charge is 0.387 e. The Morgan fingerprint density at radius 2 is 2.27 bits per heavy atom. The Bertz CT molecular complexity index is 493. The zero-order chi connectivity index (χ0) is 11.0. The summed E-state index contributed by atoms with van der Waals surface area (Å²) in [7, 11) is 0. The van der Waals surface area contributed by atoms with E-state index in [1.54, 1.807) is 0 Å². The van der Waals surface area contributed by atoms with Crippen molar-refractivity contribution in [2.45, 2.75) is 13.0 Å². The molecular weight excluding hydrogens is 212 g/mol. The molecule has 0 fully saturated rings. The fraction of sp³-hybridized carbons (Fsp3) is 0.273. The number of nitrogens with one attached hydrogen (secondary N) is 1. The molecule has 1 unspecified atom stereocenters. The maximum atomic E-state index is 9.82. The van der Waals surface area contributed by atoms with E-state index in [4.69, 9.17) is 17.3 Å². The molecular formula is C11H13ClN2O. The van der Waals surface area contributed by atoms with Crippen LogP contribution >= 0.6 is 11.6 Å². The maximum absolute atomic E-state index is 9.82. The van der Waals surface area contributed by atoms with Gasteiger partial charge in [0.15, 0.2) is 0 Å². The van der Waals surface area contributed by atoms with Crippen LogP contribution in [0.5, 0.6) is 0 Å². The van der Waals surface area contributed by atoms with Crippen LogP contribution in [-0.4, -0.2) is 16.6 Å². The van der Waals surface area contributed by atoms with Gasteiger partial charge in [-0.2, -0.15) is 0 Å². The molecule has 0 saturated carbocycles. The molecule has 4 N–H and O–H groups in total. The average Bonchev–Trinajstić information content (AvgIpc) is 2.55. The van der Waals surface area contributed by atoms with Crippen molar-refractivity contribution >= 4 is 22.5 Å². The SMILES string of the molecule is Cc1[nH]c2cccc(Cl)c2c1C(O)CN. The van der Waals surface area contributed by atoms with Gasteiger partial charge in [-0.25, -0.2) is 0 Å². The monoisotopic (exact) mass is 224 g/mol. The van der Waals surface area contributed by atoms with E-state index < -0.39 is 6.10 Å². The van der Waals surface area contributed by atoms with Crippen LogP contribution in [0.3, 0.4) is 0 Å². The van der Waals surface area contributed by atoms with Crippen molar-refractivity contribution in [2.24, 2.45) is 5.73 Å². The van der Waals surface area contributed by atoms with Gasteiger partial charge in [0.05, 0.1) is 11.1 Å². The normalized spacial score (nSPS) is 13.3. The molecule has 4 heteroatoms. The van der Waals surface area contributed by atoms with Crippen molar-refractivity contribution in [1.82, 2.24) is 4.98 Å².